The van der Waals surface area contributed by atoms with Crippen molar-refractivity contribution in [2.75, 3.05) is 24.6 Å². The maximum atomic E-state index is 12.5. The van der Waals surface area contributed by atoms with Gasteiger partial charge < -0.3 is 15.5 Å². The lowest BCUT2D eigenvalue weighted by Crippen LogP contribution is -2.49. The molecule has 5 nitrogen and oxygen atoms in total. The van der Waals surface area contributed by atoms with Crippen molar-refractivity contribution in [2.24, 2.45) is 0 Å². The first-order valence-corrected chi connectivity index (χ1v) is 10.9. The fourth-order valence-corrected chi connectivity index (χ4v) is 5.50. The number of piperidine rings is 1. The Morgan fingerprint density at radius 1 is 1.15 bits per heavy atom. The van der Waals surface area contributed by atoms with E-state index in [1.54, 1.807) is 0 Å². The molecule has 2 amide bonds. The fourth-order valence-electron chi connectivity index (χ4n) is 4.41. The summed E-state index contributed by atoms with van der Waals surface area (Å²) in [6.07, 6.45) is 5.00. The number of nitrogens with zero attached hydrogens (tertiary/aromatic N) is 1. The van der Waals surface area contributed by atoms with E-state index < -0.39 is 0 Å². The van der Waals surface area contributed by atoms with Gasteiger partial charge in [-0.3, -0.25) is 9.59 Å². The van der Waals surface area contributed by atoms with E-state index in [-0.39, 0.29) is 23.9 Å². The zero-order chi connectivity index (χ0) is 17.9. The van der Waals surface area contributed by atoms with Gasteiger partial charge in [0, 0.05) is 30.7 Å². The van der Waals surface area contributed by atoms with Gasteiger partial charge in [-0.25, -0.2) is 0 Å². The van der Waals surface area contributed by atoms with Crippen molar-refractivity contribution >= 4 is 23.6 Å². The van der Waals surface area contributed by atoms with Crippen molar-refractivity contribution in [1.82, 2.24) is 15.5 Å². The van der Waals surface area contributed by atoms with Gasteiger partial charge in [-0.15, -0.1) is 0 Å². The molecule has 3 heterocycles. The Kier molecular flexibility index (Phi) is 5.50. The third kappa shape index (κ3) is 3.91. The van der Waals surface area contributed by atoms with Crippen LogP contribution >= 0.6 is 11.8 Å². The van der Waals surface area contributed by atoms with Crippen LogP contribution in [0.4, 0.5) is 0 Å². The average Bonchev–Trinajstić information content (AvgIpc) is 2.99. The second-order valence-corrected chi connectivity index (χ2v) is 8.76. The lowest BCUT2D eigenvalue weighted by atomic mass is 9.99. The summed E-state index contributed by atoms with van der Waals surface area (Å²) in [7, 11) is 0. The van der Waals surface area contributed by atoms with E-state index in [0.29, 0.717) is 12.0 Å². The van der Waals surface area contributed by atoms with Gasteiger partial charge in [-0.1, -0.05) is 18.2 Å². The van der Waals surface area contributed by atoms with E-state index in [0.717, 1.165) is 37.5 Å². The molecule has 0 aromatic heterocycles. The van der Waals surface area contributed by atoms with E-state index in [9.17, 15) is 9.59 Å². The first kappa shape index (κ1) is 17.9. The van der Waals surface area contributed by atoms with Crippen molar-refractivity contribution in [3.63, 3.8) is 0 Å². The Morgan fingerprint density at radius 2 is 1.88 bits per heavy atom. The molecule has 6 heteroatoms. The highest BCUT2D eigenvalue weighted by atomic mass is 32.2. The molecule has 1 atom stereocenters. The van der Waals surface area contributed by atoms with Crippen LogP contribution in [0.1, 0.15) is 54.1 Å². The first-order chi connectivity index (χ1) is 12.7. The second kappa shape index (κ2) is 8.01. The topological polar surface area (TPSA) is 61.4 Å². The lowest BCUT2D eigenvalue weighted by Gasteiger charge is -2.39. The lowest BCUT2D eigenvalue weighted by molar-refractivity contribution is -0.122. The van der Waals surface area contributed by atoms with Crippen molar-refractivity contribution in [3.8, 4) is 0 Å². The minimum Gasteiger partial charge on any atom is -0.353 e. The van der Waals surface area contributed by atoms with Crippen LogP contribution in [-0.2, 0) is 4.79 Å². The number of amides is 2. The van der Waals surface area contributed by atoms with Gasteiger partial charge in [0.25, 0.3) is 5.91 Å². The predicted octanol–water partition coefficient (Wildman–Crippen LogP) is 2.34. The number of thioether (sulfide) groups is 1. The Bertz CT molecular complexity index is 667. The number of hydrogen-bond acceptors (Lipinski definition) is 4. The molecule has 4 rings (SSSR count). The molecule has 1 aromatic carbocycles. The number of likely N-dealkylation sites (tertiary alicyclic amines) is 1. The molecule has 0 aliphatic carbocycles. The van der Waals surface area contributed by atoms with Crippen molar-refractivity contribution in [1.29, 1.82) is 0 Å². The van der Waals surface area contributed by atoms with Crippen LogP contribution in [0.25, 0.3) is 0 Å². The molecule has 140 valence electrons. The minimum atomic E-state index is -0.196. The summed E-state index contributed by atoms with van der Waals surface area (Å²) >= 11 is 2.07. The Hall–Kier alpha value is -1.53. The van der Waals surface area contributed by atoms with E-state index in [1.807, 2.05) is 24.3 Å². The monoisotopic (exact) mass is 373 g/mol. The second-order valence-electron chi connectivity index (χ2n) is 7.54. The molecule has 3 aliphatic heterocycles. The molecule has 0 spiro atoms. The summed E-state index contributed by atoms with van der Waals surface area (Å²) in [5.41, 5.74) is 1.64. The van der Waals surface area contributed by atoms with Gasteiger partial charge in [0.2, 0.25) is 5.91 Å². The summed E-state index contributed by atoms with van der Waals surface area (Å²) in [6, 6.07) is 8.36. The van der Waals surface area contributed by atoms with Gasteiger partial charge in [-0.05, 0) is 48.8 Å². The molecular formula is C20H27N3O2S. The number of rotatable bonds is 4. The maximum absolute atomic E-state index is 12.5. The number of fused-ring (bicyclic) bond motifs is 1. The summed E-state index contributed by atoms with van der Waals surface area (Å²) in [5.74, 6) is 2.54. The standard InChI is InChI=1S/C20H27N3O2S/c24-19(13-18-16-3-1-2-4-17(16)20(25)22-18)21-14-5-9-23(10-6-14)15-7-11-26-12-8-15/h1-4,14-15,18H,5-13H2,(H,21,24)(H,22,25)/t18-/m0/s1. The van der Waals surface area contributed by atoms with Gasteiger partial charge >= 0.3 is 0 Å². The largest absolute Gasteiger partial charge is 0.353 e. The summed E-state index contributed by atoms with van der Waals surface area (Å²) in [4.78, 5) is 27.1. The molecule has 0 radical (unpaired) electrons. The minimum absolute atomic E-state index is 0.0412. The fraction of sp³-hybridized carbons (Fsp3) is 0.600. The molecule has 0 unspecified atom stereocenters. The van der Waals surface area contributed by atoms with Gasteiger partial charge in [-0.2, -0.15) is 11.8 Å². The number of carbonyl (C=O) groups excluding carboxylic acids is 2. The normalized spacial score (nSPS) is 24.9. The zero-order valence-electron chi connectivity index (χ0n) is 15.1. The van der Waals surface area contributed by atoms with Crippen LogP contribution in [0, 0.1) is 0 Å². The number of hydrogen-bond donors (Lipinski definition) is 2. The zero-order valence-corrected chi connectivity index (χ0v) is 15.9. The average molecular weight is 374 g/mol. The Labute approximate surface area is 159 Å². The van der Waals surface area contributed by atoms with Gasteiger partial charge in [0.1, 0.15) is 0 Å². The van der Waals surface area contributed by atoms with Crippen LogP contribution in [0.5, 0.6) is 0 Å². The summed E-state index contributed by atoms with van der Waals surface area (Å²) < 4.78 is 0. The molecule has 3 aliphatic rings. The van der Waals surface area contributed by atoms with Crippen LogP contribution in [0.2, 0.25) is 0 Å². The van der Waals surface area contributed by atoms with Crippen molar-refractivity contribution in [2.45, 2.75) is 50.2 Å². The summed E-state index contributed by atoms with van der Waals surface area (Å²) in [6.45, 7) is 2.17. The molecule has 0 bridgehead atoms. The van der Waals surface area contributed by atoms with Crippen LogP contribution in [0.15, 0.2) is 24.3 Å². The van der Waals surface area contributed by atoms with Crippen LogP contribution in [-0.4, -0.2) is 53.4 Å². The smallest absolute Gasteiger partial charge is 0.252 e. The van der Waals surface area contributed by atoms with Gasteiger partial charge in [0.05, 0.1) is 12.5 Å². The molecule has 2 saturated heterocycles. The Balaban J connectivity index is 1.25. The molecule has 2 N–H and O–H groups in total. The maximum Gasteiger partial charge on any atom is 0.252 e. The highest BCUT2D eigenvalue weighted by Gasteiger charge is 2.31. The van der Waals surface area contributed by atoms with Crippen molar-refractivity contribution in [3.05, 3.63) is 35.4 Å². The molecule has 0 saturated carbocycles. The quantitative estimate of drug-likeness (QED) is 0.850. The van der Waals surface area contributed by atoms with E-state index in [2.05, 4.69) is 27.3 Å². The van der Waals surface area contributed by atoms with Crippen LogP contribution < -0.4 is 10.6 Å². The molecule has 2 fully saturated rings. The SMILES string of the molecule is O=C(C[C@@H]1NC(=O)c2ccccc21)NC1CCN(C2CCSCC2)CC1. The number of benzene rings is 1. The summed E-state index contributed by atoms with van der Waals surface area (Å²) in [5, 5.41) is 6.12. The third-order valence-corrected chi connectivity index (χ3v) is 6.93. The predicted molar refractivity (Wildman–Crippen MR) is 104 cm³/mol. The molecule has 1 aromatic rings. The molecule has 26 heavy (non-hydrogen) atoms. The first-order valence-electron chi connectivity index (χ1n) is 9.71. The van der Waals surface area contributed by atoms with E-state index >= 15 is 0 Å². The van der Waals surface area contributed by atoms with Gasteiger partial charge in [0.15, 0.2) is 0 Å². The number of carbonyl (C=O) groups is 2. The van der Waals surface area contributed by atoms with E-state index in [1.165, 1.54) is 24.3 Å². The molecular weight excluding hydrogens is 346 g/mol. The van der Waals surface area contributed by atoms with E-state index in [4.69, 9.17) is 0 Å². The van der Waals surface area contributed by atoms with Crippen molar-refractivity contribution < 1.29 is 9.59 Å². The Morgan fingerprint density at radius 3 is 2.65 bits per heavy atom. The van der Waals surface area contributed by atoms with Crippen LogP contribution in [0.3, 0.4) is 0 Å². The number of nitrogens with one attached hydrogen (secondary N) is 2. The third-order valence-electron chi connectivity index (χ3n) is 5.88. The highest BCUT2D eigenvalue weighted by molar-refractivity contribution is 7.99. The highest BCUT2D eigenvalue weighted by Crippen LogP contribution is 2.28.